The second-order valence-electron chi connectivity index (χ2n) is 5.13. The lowest BCUT2D eigenvalue weighted by atomic mass is 10.1. The number of para-hydroxylation sites is 1. The van der Waals surface area contributed by atoms with E-state index in [1.54, 1.807) is 11.3 Å². The minimum Gasteiger partial charge on any atom is -0.331 e. The summed E-state index contributed by atoms with van der Waals surface area (Å²) in [5, 5.41) is 1.10. The van der Waals surface area contributed by atoms with E-state index in [1.165, 1.54) is 16.0 Å². The topological polar surface area (TPSA) is 33.6 Å². The van der Waals surface area contributed by atoms with E-state index in [4.69, 9.17) is 12.2 Å². The number of fused-ring (bicyclic) bond motifs is 1. The SMILES string of the molecule is Cc1nc(C)c(C(C)n2c(=S)[nH]c3cccc(C)c32)s1. The molecule has 0 aliphatic rings. The van der Waals surface area contributed by atoms with Gasteiger partial charge in [-0.15, -0.1) is 11.3 Å². The number of aromatic amines is 1. The van der Waals surface area contributed by atoms with Crippen molar-refractivity contribution in [2.45, 2.75) is 33.7 Å². The molecule has 0 fully saturated rings. The number of aryl methyl sites for hydroxylation is 3. The highest BCUT2D eigenvalue weighted by atomic mass is 32.1. The van der Waals surface area contributed by atoms with Crippen molar-refractivity contribution >= 4 is 34.6 Å². The summed E-state index contributed by atoms with van der Waals surface area (Å²) >= 11 is 7.28. The molecule has 2 heterocycles. The maximum atomic E-state index is 5.53. The first kappa shape index (κ1) is 13.5. The predicted molar refractivity (Wildman–Crippen MR) is 87.3 cm³/mol. The molecule has 3 nitrogen and oxygen atoms in total. The van der Waals surface area contributed by atoms with Crippen LogP contribution in [0.5, 0.6) is 0 Å². The average Bonchev–Trinajstić information content (AvgIpc) is 2.89. The first-order chi connectivity index (χ1) is 9.49. The summed E-state index contributed by atoms with van der Waals surface area (Å²) < 4.78 is 2.98. The maximum Gasteiger partial charge on any atom is 0.178 e. The molecule has 1 N–H and O–H groups in total. The Bertz CT molecular complexity index is 839. The van der Waals surface area contributed by atoms with E-state index in [9.17, 15) is 0 Å². The van der Waals surface area contributed by atoms with Gasteiger partial charge in [-0.1, -0.05) is 12.1 Å². The van der Waals surface area contributed by atoms with Crippen molar-refractivity contribution in [2.75, 3.05) is 0 Å². The van der Waals surface area contributed by atoms with E-state index >= 15 is 0 Å². The lowest BCUT2D eigenvalue weighted by Gasteiger charge is -2.14. The molecule has 3 rings (SSSR count). The summed E-state index contributed by atoms with van der Waals surface area (Å²) in [6.07, 6.45) is 0. The van der Waals surface area contributed by atoms with Crippen LogP contribution in [0.15, 0.2) is 18.2 Å². The number of hydrogen-bond acceptors (Lipinski definition) is 3. The van der Waals surface area contributed by atoms with Gasteiger partial charge >= 0.3 is 0 Å². The molecule has 0 saturated heterocycles. The van der Waals surface area contributed by atoms with Crippen LogP contribution in [0.3, 0.4) is 0 Å². The highest BCUT2D eigenvalue weighted by Crippen LogP contribution is 2.31. The molecule has 0 saturated carbocycles. The summed E-state index contributed by atoms with van der Waals surface area (Å²) in [7, 11) is 0. The van der Waals surface area contributed by atoms with Crippen molar-refractivity contribution in [2.24, 2.45) is 0 Å². The fourth-order valence-electron chi connectivity index (χ4n) is 2.78. The Morgan fingerprint density at radius 1 is 1.30 bits per heavy atom. The van der Waals surface area contributed by atoms with Crippen molar-refractivity contribution in [3.8, 4) is 0 Å². The van der Waals surface area contributed by atoms with Gasteiger partial charge in [0, 0.05) is 0 Å². The lowest BCUT2D eigenvalue weighted by molar-refractivity contribution is 0.654. The standard InChI is InChI=1S/C15H17N3S2/c1-8-6-5-7-12-13(8)18(15(19)17-12)10(3)14-9(2)16-11(4)20-14/h5-7,10H,1-4H3,(H,17,19). The Morgan fingerprint density at radius 2 is 2.05 bits per heavy atom. The van der Waals surface area contributed by atoms with Crippen molar-refractivity contribution in [3.63, 3.8) is 0 Å². The summed E-state index contributed by atoms with van der Waals surface area (Å²) in [6.45, 7) is 8.43. The third kappa shape index (κ3) is 2.01. The minimum atomic E-state index is 0.198. The molecule has 0 aliphatic heterocycles. The molecule has 1 aromatic carbocycles. The predicted octanol–water partition coefficient (Wildman–Crippen LogP) is 4.69. The van der Waals surface area contributed by atoms with E-state index in [1.807, 2.05) is 6.92 Å². The maximum absolute atomic E-state index is 5.53. The number of H-pyrrole nitrogens is 1. The Kier molecular flexibility index (Phi) is 3.26. The number of imidazole rings is 1. The number of aromatic nitrogens is 3. The molecule has 1 unspecified atom stereocenters. The molecule has 1 atom stereocenters. The third-order valence-electron chi connectivity index (χ3n) is 3.65. The Morgan fingerprint density at radius 3 is 2.70 bits per heavy atom. The van der Waals surface area contributed by atoms with Gasteiger partial charge in [0.25, 0.3) is 0 Å². The number of thiazole rings is 1. The fourth-order valence-corrected chi connectivity index (χ4v) is 4.11. The van der Waals surface area contributed by atoms with Crippen LogP contribution >= 0.6 is 23.6 Å². The molecule has 0 amide bonds. The zero-order valence-corrected chi connectivity index (χ0v) is 13.7. The first-order valence-corrected chi connectivity index (χ1v) is 7.85. The van der Waals surface area contributed by atoms with E-state index < -0.39 is 0 Å². The summed E-state index contributed by atoms with van der Waals surface area (Å²) in [5.74, 6) is 0. The van der Waals surface area contributed by atoms with Gasteiger partial charge < -0.3 is 9.55 Å². The molecular weight excluding hydrogens is 286 g/mol. The van der Waals surface area contributed by atoms with Gasteiger partial charge in [0.05, 0.1) is 32.7 Å². The van der Waals surface area contributed by atoms with Gasteiger partial charge in [-0.25, -0.2) is 4.98 Å². The lowest BCUT2D eigenvalue weighted by Crippen LogP contribution is -2.07. The van der Waals surface area contributed by atoms with E-state index in [2.05, 4.69) is 53.5 Å². The van der Waals surface area contributed by atoms with Crippen LogP contribution in [0.2, 0.25) is 0 Å². The smallest absolute Gasteiger partial charge is 0.178 e. The highest BCUT2D eigenvalue weighted by molar-refractivity contribution is 7.71. The van der Waals surface area contributed by atoms with Crippen LogP contribution in [0.25, 0.3) is 11.0 Å². The largest absolute Gasteiger partial charge is 0.331 e. The molecule has 0 radical (unpaired) electrons. The number of rotatable bonds is 2. The van der Waals surface area contributed by atoms with Crippen molar-refractivity contribution in [1.82, 2.24) is 14.5 Å². The molecular formula is C15H17N3S2. The van der Waals surface area contributed by atoms with Crippen molar-refractivity contribution in [3.05, 3.63) is 44.1 Å². The van der Waals surface area contributed by atoms with Gasteiger partial charge in [0.2, 0.25) is 0 Å². The Labute approximate surface area is 127 Å². The van der Waals surface area contributed by atoms with Crippen LogP contribution in [-0.2, 0) is 0 Å². The van der Waals surface area contributed by atoms with Crippen LogP contribution < -0.4 is 0 Å². The highest BCUT2D eigenvalue weighted by Gasteiger charge is 2.18. The van der Waals surface area contributed by atoms with E-state index in [-0.39, 0.29) is 6.04 Å². The third-order valence-corrected chi connectivity index (χ3v) is 5.19. The van der Waals surface area contributed by atoms with Gasteiger partial charge in [-0.2, -0.15) is 0 Å². The molecule has 104 valence electrons. The second kappa shape index (κ2) is 4.82. The molecule has 2 aromatic heterocycles. The quantitative estimate of drug-likeness (QED) is 0.697. The number of hydrogen-bond donors (Lipinski definition) is 1. The van der Waals surface area contributed by atoms with Gasteiger partial charge in [0.15, 0.2) is 4.77 Å². The molecule has 0 spiro atoms. The van der Waals surface area contributed by atoms with Crippen molar-refractivity contribution in [1.29, 1.82) is 0 Å². The molecule has 0 bridgehead atoms. The number of nitrogens with one attached hydrogen (secondary N) is 1. The van der Waals surface area contributed by atoms with E-state index in [0.29, 0.717) is 0 Å². The summed E-state index contributed by atoms with van der Waals surface area (Å²) in [6, 6.07) is 6.45. The van der Waals surface area contributed by atoms with Crippen LogP contribution in [0.1, 0.15) is 34.1 Å². The second-order valence-corrected chi connectivity index (χ2v) is 6.75. The molecule has 3 aromatic rings. The Balaban J connectivity index is 2.27. The minimum absolute atomic E-state index is 0.198. The zero-order chi connectivity index (χ0) is 14.4. The fraction of sp³-hybridized carbons (Fsp3) is 0.333. The van der Waals surface area contributed by atoms with Crippen LogP contribution in [0.4, 0.5) is 0 Å². The monoisotopic (exact) mass is 303 g/mol. The van der Waals surface area contributed by atoms with Crippen molar-refractivity contribution < 1.29 is 0 Å². The van der Waals surface area contributed by atoms with Gasteiger partial charge in [-0.05, 0) is 51.5 Å². The number of nitrogens with zero attached hydrogens (tertiary/aromatic N) is 2. The van der Waals surface area contributed by atoms with Crippen LogP contribution in [0, 0.1) is 25.5 Å². The average molecular weight is 303 g/mol. The Hall–Kier alpha value is -1.46. The van der Waals surface area contributed by atoms with E-state index in [0.717, 1.165) is 21.0 Å². The summed E-state index contributed by atoms with van der Waals surface area (Å²) in [4.78, 5) is 9.12. The zero-order valence-electron chi connectivity index (χ0n) is 12.0. The van der Waals surface area contributed by atoms with Gasteiger partial charge in [0.1, 0.15) is 0 Å². The molecule has 5 heteroatoms. The normalized spacial score (nSPS) is 13.0. The van der Waals surface area contributed by atoms with Crippen LogP contribution in [-0.4, -0.2) is 14.5 Å². The van der Waals surface area contributed by atoms with Gasteiger partial charge in [-0.3, -0.25) is 0 Å². The molecule has 20 heavy (non-hydrogen) atoms. The first-order valence-electron chi connectivity index (χ1n) is 6.63. The number of benzene rings is 1. The molecule has 0 aliphatic carbocycles. The summed E-state index contributed by atoms with van der Waals surface area (Å²) in [5.41, 5.74) is 4.63.